The number of oxime groups is 1. The maximum atomic E-state index is 5.87. The molecule has 2 aliphatic rings. The van der Waals surface area contributed by atoms with Crippen molar-refractivity contribution in [2.75, 3.05) is 12.4 Å². The van der Waals surface area contributed by atoms with E-state index in [1.54, 1.807) is 0 Å². The van der Waals surface area contributed by atoms with Crippen LogP contribution in [-0.2, 0) is 4.84 Å². The zero-order valence-electron chi connectivity index (χ0n) is 8.02. The number of fused-ring (bicyclic) bond motifs is 1. The van der Waals surface area contributed by atoms with Crippen molar-refractivity contribution < 1.29 is 4.84 Å². The second kappa shape index (κ2) is 3.72. The van der Waals surface area contributed by atoms with Gasteiger partial charge < -0.3 is 4.84 Å². The van der Waals surface area contributed by atoms with Crippen LogP contribution in [-0.4, -0.2) is 18.1 Å². The number of benzene rings is 1. The van der Waals surface area contributed by atoms with Crippen molar-refractivity contribution >= 4 is 29.1 Å². The van der Waals surface area contributed by atoms with Gasteiger partial charge in [0.05, 0.1) is 11.0 Å². The van der Waals surface area contributed by atoms with Crippen molar-refractivity contribution in [3.63, 3.8) is 0 Å². The first-order valence-electron chi connectivity index (χ1n) is 4.91. The number of nitrogens with zero attached hydrogens (tertiary/aromatic N) is 1. The van der Waals surface area contributed by atoms with Crippen LogP contribution < -0.4 is 0 Å². The van der Waals surface area contributed by atoms with Gasteiger partial charge in [0, 0.05) is 16.7 Å². The van der Waals surface area contributed by atoms with Crippen LogP contribution in [0.3, 0.4) is 0 Å². The van der Waals surface area contributed by atoms with E-state index < -0.39 is 0 Å². The first-order chi connectivity index (χ1) is 7.34. The van der Waals surface area contributed by atoms with Gasteiger partial charge in [-0.05, 0) is 17.7 Å². The third kappa shape index (κ3) is 1.64. The summed E-state index contributed by atoms with van der Waals surface area (Å²) in [5, 5.41) is 5.29. The molecule has 0 amide bonds. The van der Waals surface area contributed by atoms with Crippen molar-refractivity contribution in [2.45, 2.75) is 5.25 Å². The van der Waals surface area contributed by atoms with Crippen LogP contribution in [0.15, 0.2) is 29.4 Å². The summed E-state index contributed by atoms with van der Waals surface area (Å²) in [5.74, 6) is 1.64. The predicted molar refractivity (Wildman–Crippen MR) is 63.5 cm³/mol. The second-order valence-corrected chi connectivity index (χ2v) is 5.35. The Labute approximate surface area is 97.6 Å². The Balaban J connectivity index is 1.91. The lowest BCUT2D eigenvalue weighted by atomic mass is 10.00. The largest absolute Gasteiger partial charge is 0.395 e. The van der Waals surface area contributed by atoms with Gasteiger partial charge in [-0.3, -0.25) is 0 Å². The van der Waals surface area contributed by atoms with E-state index in [4.69, 9.17) is 16.4 Å². The molecule has 2 nitrogen and oxygen atoms in total. The third-order valence-electron chi connectivity index (χ3n) is 2.77. The van der Waals surface area contributed by atoms with Gasteiger partial charge in [0.1, 0.15) is 6.61 Å². The molecule has 1 aromatic rings. The lowest BCUT2D eigenvalue weighted by Crippen LogP contribution is -2.11. The monoisotopic (exact) mass is 239 g/mol. The minimum Gasteiger partial charge on any atom is -0.395 e. The topological polar surface area (TPSA) is 21.6 Å². The molecule has 2 atom stereocenters. The molecule has 0 unspecified atom stereocenters. The molecule has 0 radical (unpaired) electrons. The normalized spacial score (nSPS) is 28.5. The summed E-state index contributed by atoms with van der Waals surface area (Å²) in [6, 6.07) is 8.01. The SMILES string of the molecule is Clc1ccc([C@@H]2SC[C@H]3CON=C32)cc1. The summed E-state index contributed by atoms with van der Waals surface area (Å²) < 4.78 is 0. The highest BCUT2D eigenvalue weighted by Gasteiger charge is 2.37. The van der Waals surface area contributed by atoms with Gasteiger partial charge >= 0.3 is 0 Å². The Kier molecular flexibility index (Phi) is 2.37. The van der Waals surface area contributed by atoms with E-state index in [9.17, 15) is 0 Å². The van der Waals surface area contributed by atoms with Gasteiger partial charge in [-0.2, -0.15) is 0 Å². The molecule has 15 heavy (non-hydrogen) atoms. The highest BCUT2D eigenvalue weighted by Crippen LogP contribution is 2.43. The molecule has 0 spiro atoms. The van der Waals surface area contributed by atoms with Crippen LogP contribution >= 0.6 is 23.4 Å². The second-order valence-electron chi connectivity index (χ2n) is 3.77. The van der Waals surface area contributed by atoms with Crippen molar-refractivity contribution in [2.24, 2.45) is 11.1 Å². The van der Waals surface area contributed by atoms with Crippen molar-refractivity contribution in [1.82, 2.24) is 0 Å². The summed E-state index contributed by atoms with van der Waals surface area (Å²) in [6.45, 7) is 0.756. The molecule has 0 aliphatic carbocycles. The molecule has 0 saturated carbocycles. The molecular formula is C11H10ClNOS. The van der Waals surface area contributed by atoms with Gasteiger partial charge in [-0.15, -0.1) is 11.8 Å². The van der Waals surface area contributed by atoms with Gasteiger partial charge in [-0.25, -0.2) is 0 Å². The molecule has 1 fully saturated rings. The molecule has 2 heterocycles. The molecule has 0 bridgehead atoms. The molecule has 3 rings (SSSR count). The van der Waals surface area contributed by atoms with E-state index in [0.29, 0.717) is 11.2 Å². The average molecular weight is 240 g/mol. The van der Waals surface area contributed by atoms with Crippen LogP contribution in [0.4, 0.5) is 0 Å². The quantitative estimate of drug-likeness (QED) is 0.751. The van der Waals surface area contributed by atoms with Crippen LogP contribution in [0.5, 0.6) is 0 Å². The van der Waals surface area contributed by atoms with E-state index in [1.807, 2.05) is 23.9 Å². The molecular weight excluding hydrogens is 230 g/mol. The van der Waals surface area contributed by atoms with Crippen LogP contribution in [0, 0.1) is 5.92 Å². The average Bonchev–Trinajstić information content (AvgIpc) is 2.80. The van der Waals surface area contributed by atoms with Crippen molar-refractivity contribution in [3.8, 4) is 0 Å². The molecule has 4 heteroatoms. The standard InChI is InChI=1S/C11H10ClNOS/c12-9-3-1-7(2-4-9)11-10-8(6-15-11)5-14-13-10/h1-4,8,11H,5-6H2/t8-,11+/m1/s1. The van der Waals surface area contributed by atoms with Gasteiger partial charge in [0.15, 0.2) is 0 Å². The Hall–Kier alpha value is -0.670. The maximum Gasteiger partial charge on any atom is 0.126 e. The predicted octanol–water partition coefficient (Wildman–Crippen LogP) is 3.13. The van der Waals surface area contributed by atoms with Crippen molar-refractivity contribution in [1.29, 1.82) is 0 Å². The Morgan fingerprint density at radius 1 is 1.33 bits per heavy atom. The van der Waals surface area contributed by atoms with Gasteiger partial charge in [-0.1, -0.05) is 28.9 Å². The van der Waals surface area contributed by atoms with E-state index in [-0.39, 0.29) is 0 Å². The first-order valence-corrected chi connectivity index (χ1v) is 6.34. The lowest BCUT2D eigenvalue weighted by molar-refractivity contribution is 0.158. The Morgan fingerprint density at radius 3 is 2.93 bits per heavy atom. The van der Waals surface area contributed by atoms with Crippen molar-refractivity contribution in [3.05, 3.63) is 34.9 Å². The number of thioether (sulfide) groups is 1. The van der Waals surface area contributed by atoms with Crippen LogP contribution in [0.1, 0.15) is 10.8 Å². The molecule has 0 N–H and O–H groups in total. The number of rotatable bonds is 1. The van der Waals surface area contributed by atoms with E-state index in [0.717, 1.165) is 17.4 Å². The minimum absolute atomic E-state index is 0.370. The van der Waals surface area contributed by atoms with E-state index in [2.05, 4.69) is 17.3 Å². The fourth-order valence-electron chi connectivity index (χ4n) is 1.96. The summed E-state index contributed by atoms with van der Waals surface area (Å²) in [6.07, 6.45) is 0. The van der Waals surface area contributed by atoms with Crippen LogP contribution in [0.25, 0.3) is 0 Å². The fraction of sp³-hybridized carbons (Fsp3) is 0.364. The smallest absolute Gasteiger partial charge is 0.126 e. The maximum absolute atomic E-state index is 5.87. The molecule has 1 aromatic carbocycles. The van der Waals surface area contributed by atoms with Gasteiger partial charge in [0.25, 0.3) is 0 Å². The van der Waals surface area contributed by atoms with E-state index >= 15 is 0 Å². The molecule has 2 aliphatic heterocycles. The van der Waals surface area contributed by atoms with E-state index in [1.165, 1.54) is 11.3 Å². The zero-order valence-corrected chi connectivity index (χ0v) is 9.59. The summed E-state index contributed by atoms with van der Waals surface area (Å²) >= 11 is 7.81. The highest BCUT2D eigenvalue weighted by atomic mass is 35.5. The summed E-state index contributed by atoms with van der Waals surface area (Å²) in [5.41, 5.74) is 2.47. The molecule has 1 saturated heterocycles. The lowest BCUT2D eigenvalue weighted by Gasteiger charge is -2.08. The fourth-order valence-corrected chi connectivity index (χ4v) is 3.53. The van der Waals surface area contributed by atoms with Gasteiger partial charge in [0.2, 0.25) is 0 Å². The van der Waals surface area contributed by atoms with Crippen LogP contribution in [0.2, 0.25) is 5.02 Å². The minimum atomic E-state index is 0.370. The summed E-state index contributed by atoms with van der Waals surface area (Å²) in [7, 11) is 0. The number of halogens is 1. The highest BCUT2D eigenvalue weighted by molar-refractivity contribution is 8.00. The first kappa shape index (κ1) is 9.55. The Morgan fingerprint density at radius 2 is 2.13 bits per heavy atom. The number of hydrogen-bond acceptors (Lipinski definition) is 3. The molecule has 0 aromatic heterocycles. The zero-order chi connectivity index (χ0) is 10.3. The summed E-state index contributed by atoms with van der Waals surface area (Å²) in [4.78, 5) is 5.14. The number of hydrogen-bond donors (Lipinski definition) is 0. The third-order valence-corrected chi connectivity index (χ3v) is 4.46. The molecule has 78 valence electrons. The Bertz CT molecular complexity index is 404.